The van der Waals surface area contributed by atoms with Crippen molar-refractivity contribution in [1.82, 2.24) is 10.6 Å². The number of hydrogen-bond acceptors (Lipinski definition) is 3. The Labute approximate surface area is 89.6 Å². The van der Waals surface area contributed by atoms with Crippen LogP contribution in [-0.4, -0.2) is 32.2 Å². The lowest BCUT2D eigenvalue weighted by Crippen LogP contribution is -2.43. The number of urea groups is 1. The molecule has 1 saturated carbocycles. The van der Waals surface area contributed by atoms with Gasteiger partial charge < -0.3 is 15.4 Å². The highest BCUT2D eigenvalue weighted by molar-refractivity contribution is 5.74. The number of nitrogens with one attached hydrogen (secondary N) is 2. The van der Waals surface area contributed by atoms with Crippen molar-refractivity contribution in [3.05, 3.63) is 0 Å². The van der Waals surface area contributed by atoms with Gasteiger partial charge >= 0.3 is 12.0 Å². The van der Waals surface area contributed by atoms with E-state index in [-0.39, 0.29) is 24.0 Å². The summed E-state index contributed by atoms with van der Waals surface area (Å²) in [4.78, 5) is 22.3. The van der Waals surface area contributed by atoms with Crippen LogP contribution in [0.5, 0.6) is 0 Å². The maximum atomic E-state index is 11.2. The maximum Gasteiger partial charge on any atom is 0.314 e. The Morgan fingerprint density at radius 1 is 1.20 bits per heavy atom. The Bertz CT molecular complexity index is 235. The fourth-order valence-electron chi connectivity index (χ4n) is 1.90. The summed E-state index contributed by atoms with van der Waals surface area (Å²) in [6.45, 7) is 0. The fourth-order valence-corrected chi connectivity index (χ4v) is 1.90. The molecule has 0 heterocycles. The van der Waals surface area contributed by atoms with Gasteiger partial charge in [-0.25, -0.2) is 4.79 Å². The van der Waals surface area contributed by atoms with Crippen LogP contribution >= 0.6 is 0 Å². The van der Waals surface area contributed by atoms with E-state index in [4.69, 9.17) is 0 Å². The van der Waals surface area contributed by atoms with Gasteiger partial charge in [-0.05, 0) is 25.7 Å². The molecule has 0 aliphatic heterocycles. The Kier molecular flexibility index (Phi) is 4.39. The van der Waals surface area contributed by atoms with Crippen LogP contribution in [0.4, 0.5) is 4.79 Å². The number of amides is 2. The highest BCUT2D eigenvalue weighted by Gasteiger charge is 2.27. The van der Waals surface area contributed by atoms with E-state index in [1.54, 1.807) is 7.05 Å². The lowest BCUT2D eigenvalue weighted by atomic mass is 9.86. The van der Waals surface area contributed by atoms with E-state index in [9.17, 15) is 9.59 Å². The van der Waals surface area contributed by atoms with Gasteiger partial charge in [0.05, 0.1) is 13.0 Å². The smallest absolute Gasteiger partial charge is 0.314 e. The molecule has 0 unspecified atom stereocenters. The summed E-state index contributed by atoms with van der Waals surface area (Å²) in [5, 5.41) is 5.36. The molecule has 2 N–H and O–H groups in total. The molecule has 0 radical (unpaired) electrons. The quantitative estimate of drug-likeness (QED) is 0.663. The summed E-state index contributed by atoms with van der Waals surface area (Å²) in [6.07, 6.45) is 3.27. The topological polar surface area (TPSA) is 67.4 Å². The van der Waals surface area contributed by atoms with Crippen LogP contribution in [-0.2, 0) is 9.53 Å². The Hall–Kier alpha value is -1.26. The Morgan fingerprint density at radius 2 is 1.80 bits per heavy atom. The lowest BCUT2D eigenvalue weighted by molar-refractivity contribution is -0.146. The van der Waals surface area contributed by atoms with Gasteiger partial charge in [-0.1, -0.05) is 0 Å². The second-order valence-electron chi connectivity index (χ2n) is 3.80. The number of hydrogen-bond donors (Lipinski definition) is 2. The minimum absolute atomic E-state index is 0.0118. The van der Waals surface area contributed by atoms with E-state index in [0.29, 0.717) is 0 Å². The zero-order valence-corrected chi connectivity index (χ0v) is 9.21. The van der Waals surface area contributed by atoms with Crippen molar-refractivity contribution in [1.29, 1.82) is 0 Å². The van der Waals surface area contributed by atoms with Crippen molar-refractivity contribution in [2.45, 2.75) is 31.7 Å². The van der Waals surface area contributed by atoms with E-state index in [2.05, 4.69) is 15.4 Å². The average Bonchev–Trinajstić information content (AvgIpc) is 2.29. The van der Waals surface area contributed by atoms with Crippen LogP contribution in [0.3, 0.4) is 0 Å². The number of methoxy groups -OCH3 is 1. The van der Waals surface area contributed by atoms with E-state index >= 15 is 0 Å². The molecule has 86 valence electrons. The molecule has 0 aromatic carbocycles. The highest BCUT2D eigenvalue weighted by atomic mass is 16.5. The molecule has 0 bridgehead atoms. The normalized spacial score (nSPS) is 25.5. The van der Waals surface area contributed by atoms with E-state index in [1.165, 1.54) is 7.11 Å². The van der Waals surface area contributed by atoms with Crippen LogP contribution < -0.4 is 10.6 Å². The van der Waals surface area contributed by atoms with Gasteiger partial charge in [0.2, 0.25) is 0 Å². The largest absolute Gasteiger partial charge is 0.469 e. The molecule has 1 rings (SSSR count). The van der Waals surface area contributed by atoms with Crippen LogP contribution in [0.1, 0.15) is 25.7 Å². The molecule has 1 fully saturated rings. The van der Waals surface area contributed by atoms with Gasteiger partial charge in [0, 0.05) is 13.1 Å². The van der Waals surface area contributed by atoms with Gasteiger partial charge in [-0.15, -0.1) is 0 Å². The molecule has 0 aromatic rings. The predicted molar refractivity (Wildman–Crippen MR) is 55.4 cm³/mol. The van der Waals surface area contributed by atoms with Gasteiger partial charge in [0.1, 0.15) is 0 Å². The third-order valence-electron chi connectivity index (χ3n) is 2.82. The molecule has 1 aliphatic carbocycles. The van der Waals surface area contributed by atoms with Gasteiger partial charge in [0.25, 0.3) is 0 Å². The fraction of sp³-hybridized carbons (Fsp3) is 0.800. The average molecular weight is 214 g/mol. The summed E-state index contributed by atoms with van der Waals surface area (Å²) in [5.74, 6) is -0.119. The standard InChI is InChI=1S/C10H18N2O3/c1-11-10(14)12-8-5-3-7(4-6-8)9(13)15-2/h7-8H,3-6H2,1-2H3,(H2,11,12,14)/t7-,8+. The van der Waals surface area contributed by atoms with Gasteiger partial charge in [-0.2, -0.15) is 0 Å². The minimum Gasteiger partial charge on any atom is -0.469 e. The molecular weight excluding hydrogens is 196 g/mol. The Balaban J connectivity index is 2.29. The molecular formula is C10H18N2O3. The van der Waals surface area contributed by atoms with Crippen molar-refractivity contribution in [3.8, 4) is 0 Å². The first-order valence-electron chi connectivity index (χ1n) is 5.23. The summed E-state index contributed by atoms with van der Waals surface area (Å²) < 4.78 is 4.69. The van der Waals surface area contributed by atoms with Crippen molar-refractivity contribution < 1.29 is 14.3 Å². The van der Waals surface area contributed by atoms with Crippen molar-refractivity contribution in [2.75, 3.05) is 14.2 Å². The van der Waals surface area contributed by atoms with Crippen molar-refractivity contribution in [3.63, 3.8) is 0 Å². The number of esters is 1. The highest BCUT2D eigenvalue weighted by Crippen LogP contribution is 2.25. The molecule has 5 heteroatoms. The summed E-state index contributed by atoms with van der Waals surface area (Å²) in [5.41, 5.74) is 0. The van der Waals surface area contributed by atoms with Crippen LogP contribution in [0.15, 0.2) is 0 Å². The predicted octanol–water partition coefficient (Wildman–Crippen LogP) is 0.647. The SMILES string of the molecule is CNC(=O)N[C@H]1CC[C@@H](C(=O)OC)CC1. The van der Waals surface area contributed by atoms with Gasteiger partial charge in [-0.3, -0.25) is 4.79 Å². The second-order valence-corrected chi connectivity index (χ2v) is 3.80. The monoisotopic (exact) mass is 214 g/mol. The van der Waals surface area contributed by atoms with E-state index in [1.807, 2.05) is 0 Å². The molecule has 1 aliphatic rings. The molecule has 2 amide bonds. The number of carbonyl (C=O) groups excluding carboxylic acids is 2. The third-order valence-corrected chi connectivity index (χ3v) is 2.82. The maximum absolute atomic E-state index is 11.2. The second kappa shape index (κ2) is 5.58. The first-order chi connectivity index (χ1) is 7.17. The number of ether oxygens (including phenoxy) is 1. The first-order valence-corrected chi connectivity index (χ1v) is 5.23. The molecule has 0 saturated heterocycles. The van der Waals surface area contributed by atoms with E-state index < -0.39 is 0 Å². The molecule has 15 heavy (non-hydrogen) atoms. The van der Waals surface area contributed by atoms with Gasteiger partial charge in [0.15, 0.2) is 0 Å². The zero-order valence-electron chi connectivity index (χ0n) is 9.21. The Morgan fingerprint density at radius 3 is 2.27 bits per heavy atom. The molecule has 0 atom stereocenters. The third kappa shape index (κ3) is 3.42. The molecule has 0 aromatic heterocycles. The zero-order chi connectivity index (χ0) is 11.3. The van der Waals surface area contributed by atoms with Crippen molar-refractivity contribution >= 4 is 12.0 Å². The van der Waals surface area contributed by atoms with Crippen LogP contribution in [0.2, 0.25) is 0 Å². The summed E-state index contributed by atoms with van der Waals surface area (Å²) >= 11 is 0. The molecule has 5 nitrogen and oxygen atoms in total. The number of carbonyl (C=O) groups is 2. The minimum atomic E-state index is -0.156. The van der Waals surface area contributed by atoms with Crippen molar-refractivity contribution in [2.24, 2.45) is 5.92 Å². The first kappa shape index (κ1) is 11.8. The van der Waals surface area contributed by atoms with Crippen LogP contribution in [0.25, 0.3) is 0 Å². The summed E-state index contributed by atoms with van der Waals surface area (Å²) in [6, 6.07) is 0.0300. The lowest BCUT2D eigenvalue weighted by Gasteiger charge is -2.27. The number of rotatable bonds is 2. The molecule has 0 spiro atoms. The summed E-state index contributed by atoms with van der Waals surface area (Å²) in [7, 11) is 3.01. The van der Waals surface area contributed by atoms with E-state index in [0.717, 1.165) is 25.7 Å². The van der Waals surface area contributed by atoms with Crippen LogP contribution in [0, 0.1) is 5.92 Å².